The average molecular weight is 251 g/mol. The minimum Gasteiger partial charge on any atom is -0.320 e. The van der Waals surface area contributed by atoms with Crippen LogP contribution in [0.5, 0.6) is 0 Å². The van der Waals surface area contributed by atoms with Crippen LogP contribution in [0.3, 0.4) is 0 Å². The van der Waals surface area contributed by atoms with Gasteiger partial charge in [0.05, 0.1) is 15.6 Å². The molecule has 0 radical (unpaired) electrons. The molecule has 0 aromatic carbocycles. The summed E-state index contributed by atoms with van der Waals surface area (Å²) < 4.78 is 13.3. The standard InChI is InChI=1S/C10H13Cl2FN2/c1-6(11)9(12)8(7(2)13)10(14)3-4-15-5-10/h15H,1-5,14H2/b9-8-. The summed E-state index contributed by atoms with van der Waals surface area (Å²) in [5.41, 5.74) is 5.34. The van der Waals surface area contributed by atoms with Crippen molar-refractivity contribution < 1.29 is 4.39 Å². The summed E-state index contributed by atoms with van der Waals surface area (Å²) in [7, 11) is 0. The minimum absolute atomic E-state index is 0.0513. The molecule has 1 atom stereocenters. The van der Waals surface area contributed by atoms with E-state index in [-0.39, 0.29) is 15.6 Å². The van der Waals surface area contributed by atoms with Gasteiger partial charge in [0.15, 0.2) is 0 Å². The normalized spacial score (nSPS) is 27.5. The molecule has 0 bridgehead atoms. The van der Waals surface area contributed by atoms with Gasteiger partial charge in [0, 0.05) is 12.1 Å². The summed E-state index contributed by atoms with van der Waals surface area (Å²) in [4.78, 5) is 0. The van der Waals surface area contributed by atoms with E-state index < -0.39 is 11.4 Å². The third-order valence-electron chi connectivity index (χ3n) is 2.42. The fraction of sp³-hybridized carbons (Fsp3) is 0.400. The van der Waals surface area contributed by atoms with Crippen molar-refractivity contribution >= 4 is 23.2 Å². The van der Waals surface area contributed by atoms with Gasteiger partial charge >= 0.3 is 0 Å². The number of nitrogens with one attached hydrogen (secondary N) is 1. The molecule has 1 aliphatic heterocycles. The molecule has 3 N–H and O–H groups in total. The number of rotatable bonds is 3. The molecule has 2 nitrogen and oxygen atoms in total. The van der Waals surface area contributed by atoms with Gasteiger partial charge in [0.25, 0.3) is 0 Å². The van der Waals surface area contributed by atoms with Gasteiger partial charge in [0.1, 0.15) is 5.83 Å². The van der Waals surface area contributed by atoms with Gasteiger partial charge in [-0.1, -0.05) is 36.4 Å². The van der Waals surface area contributed by atoms with E-state index in [1.165, 1.54) is 0 Å². The van der Waals surface area contributed by atoms with E-state index in [4.69, 9.17) is 28.9 Å². The quantitative estimate of drug-likeness (QED) is 0.756. The fourth-order valence-electron chi connectivity index (χ4n) is 1.67. The number of allylic oxidation sites excluding steroid dienone is 2. The van der Waals surface area contributed by atoms with Gasteiger partial charge in [0.2, 0.25) is 0 Å². The van der Waals surface area contributed by atoms with E-state index in [1.54, 1.807) is 0 Å². The zero-order valence-electron chi connectivity index (χ0n) is 8.25. The minimum atomic E-state index is -0.846. The van der Waals surface area contributed by atoms with Crippen LogP contribution in [0, 0.1) is 0 Å². The Balaban J connectivity index is 3.18. The summed E-state index contributed by atoms with van der Waals surface area (Å²) in [6.07, 6.45) is 0.589. The van der Waals surface area contributed by atoms with Crippen molar-refractivity contribution in [3.8, 4) is 0 Å². The number of halogens is 3. The molecule has 0 aliphatic carbocycles. The smallest absolute Gasteiger partial charge is 0.122 e. The third kappa shape index (κ3) is 2.61. The molecule has 15 heavy (non-hydrogen) atoms. The first-order chi connectivity index (χ1) is 6.88. The van der Waals surface area contributed by atoms with Crippen LogP contribution >= 0.6 is 23.2 Å². The van der Waals surface area contributed by atoms with Crippen molar-refractivity contribution in [2.24, 2.45) is 5.73 Å². The largest absolute Gasteiger partial charge is 0.320 e. The van der Waals surface area contributed by atoms with Gasteiger partial charge in [-0.25, -0.2) is 4.39 Å². The van der Waals surface area contributed by atoms with Crippen molar-refractivity contribution in [2.45, 2.75) is 12.0 Å². The molecule has 1 aliphatic rings. The van der Waals surface area contributed by atoms with E-state index in [9.17, 15) is 4.39 Å². The Kier molecular flexibility index (Phi) is 3.95. The lowest BCUT2D eigenvalue weighted by Gasteiger charge is -2.26. The van der Waals surface area contributed by atoms with Crippen molar-refractivity contribution in [3.63, 3.8) is 0 Å². The third-order valence-corrected chi connectivity index (χ3v) is 3.12. The first-order valence-electron chi connectivity index (χ1n) is 4.48. The highest BCUT2D eigenvalue weighted by molar-refractivity contribution is 6.44. The molecule has 5 heteroatoms. The second kappa shape index (κ2) is 4.66. The van der Waals surface area contributed by atoms with Gasteiger partial charge < -0.3 is 11.1 Å². The zero-order valence-corrected chi connectivity index (χ0v) is 9.76. The van der Waals surface area contributed by atoms with Crippen LogP contribution in [-0.4, -0.2) is 18.6 Å². The Bertz CT molecular complexity index is 330. The van der Waals surface area contributed by atoms with Crippen LogP contribution in [-0.2, 0) is 0 Å². The Morgan fingerprint density at radius 1 is 1.40 bits per heavy atom. The van der Waals surface area contributed by atoms with Crippen LogP contribution in [0.25, 0.3) is 0 Å². The van der Waals surface area contributed by atoms with Crippen LogP contribution in [0.15, 0.2) is 34.6 Å². The molecular formula is C10H13Cl2FN2. The predicted molar refractivity (Wildman–Crippen MR) is 62.5 cm³/mol. The molecule has 1 fully saturated rings. The SMILES string of the molecule is C=C(Cl)/C(Cl)=C(\C(=C)F)C1(N)CCNC1. The number of nitrogens with two attached hydrogens (primary N) is 1. The van der Waals surface area contributed by atoms with Gasteiger partial charge in [-0.05, 0) is 13.0 Å². The van der Waals surface area contributed by atoms with Crippen LogP contribution in [0.2, 0.25) is 0 Å². The maximum Gasteiger partial charge on any atom is 0.122 e. The lowest BCUT2D eigenvalue weighted by molar-refractivity contribution is 0.513. The van der Waals surface area contributed by atoms with E-state index in [2.05, 4.69) is 18.5 Å². The first-order valence-corrected chi connectivity index (χ1v) is 5.23. The first kappa shape index (κ1) is 12.7. The van der Waals surface area contributed by atoms with Crippen molar-refractivity contribution in [1.82, 2.24) is 5.32 Å². The molecule has 0 spiro atoms. The lowest BCUT2D eigenvalue weighted by Crippen LogP contribution is -2.44. The maximum absolute atomic E-state index is 13.3. The molecule has 0 aromatic rings. The Morgan fingerprint density at radius 2 is 2.00 bits per heavy atom. The van der Waals surface area contributed by atoms with Crippen LogP contribution in [0.1, 0.15) is 6.42 Å². The van der Waals surface area contributed by atoms with Crippen molar-refractivity contribution in [1.29, 1.82) is 0 Å². The molecular weight excluding hydrogens is 238 g/mol. The highest BCUT2D eigenvalue weighted by atomic mass is 35.5. The summed E-state index contributed by atoms with van der Waals surface area (Å²) in [5, 5.41) is 3.17. The highest BCUT2D eigenvalue weighted by Crippen LogP contribution is 2.35. The maximum atomic E-state index is 13.3. The second-order valence-electron chi connectivity index (χ2n) is 3.58. The Hall–Kier alpha value is -0.350. The summed E-state index contributed by atoms with van der Waals surface area (Å²) >= 11 is 11.5. The monoisotopic (exact) mass is 250 g/mol. The van der Waals surface area contributed by atoms with E-state index in [1.807, 2.05) is 0 Å². The summed E-state index contributed by atoms with van der Waals surface area (Å²) in [5.74, 6) is -0.659. The molecule has 0 aromatic heterocycles. The summed E-state index contributed by atoms with van der Waals surface area (Å²) in [6.45, 7) is 7.85. The van der Waals surface area contributed by atoms with Crippen molar-refractivity contribution in [2.75, 3.05) is 13.1 Å². The van der Waals surface area contributed by atoms with E-state index in [0.717, 1.165) is 0 Å². The molecule has 0 saturated carbocycles. The average Bonchev–Trinajstić information content (AvgIpc) is 2.51. The molecule has 1 saturated heterocycles. The van der Waals surface area contributed by atoms with Gasteiger partial charge in [-0.15, -0.1) is 0 Å². The molecule has 0 amide bonds. The summed E-state index contributed by atoms with van der Waals surface area (Å²) in [6, 6.07) is 0. The molecule has 84 valence electrons. The molecule has 1 rings (SSSR count). The molecule has 1 heterocycles. The zero-order chi connectivity index (χ0) is 11.6. The molecule has 1 unspecified atom stereocenters. The van der Waals surface area contributed by atoms with Crippen LogP contribution in [0.4, 0.5) is 4.39 Å². The number of hydrogen-bond acceptors (Lipinski definition) is 2. The fourth-order valence-corrected chi connectivity index (χ4v) is 2.05. The lowest BCUT2D eigenvalue weighted by atomic mass is 9.88. The second-order valence-corrected chi connectivity index (χ2v) is 4.42. The van der Waals surface area contributed by atoms with E-state index in [0.29, 0.717) is 19.5 Å². The van der Waals surface area contributed by atoms with Gasteiger partial charge in [-0.2, -0.15) is 0 Å². The van der Waals surface area contributed by atoms with E-state index >= 15 is 0 Å². The van der Waals surface area contributed by atoms with Crippen molar-refractivity contribution in [3.05, 3.63) is 34.6 Å². The Labute approximate surface area is 98.6 Å². The highest BCUT2D eigenvalue weighted by Gasteiger charge is 2.37. The Morgan fingerprint density at radius 3 is 2.33 bits per heavy atom. The predicted octanol–water partition coefficient (Wildman–Crippen LogP) is 2.41. The van der Waals surface area contributed by atoms with Gasteiger partial charge in [-0.3, -0.25) is 0 Å². The number of hydrogen-bond donors (Lipinski definition) is 2. The van der Waals surface area contributed by atoms with Crippen LogP contribution < -0.4 is 11.1 Å². The topological polar surface area (TPSA) is 38.0 Å².